The summed E-state index contributed by atoms with van der Waals surface area (Å²) in [5.41, 5.74) is -0.731. The normalized spacial score (nSPS) is 19.1. The molecule has 1 nitrogen and oxygen atoms in total. The van der Waals surface area contributed by atoms with Crippen LogP contribution in [0.3, 0.4) is 0 Å². The number of ether oxygens (including phenoxy) is 1. The first-order valence-corrected chi connectivity index (χ1v) is 5.45. The second kappa shape index (κ2) is 5.59. The van der Waals surface area contributed by atoms with Crippen LogP contribution in [0, 0.1) is 5.92 Å². The first kappa shape index (κ1) is 12.6. The van der Waals surface area contributed by atoms with E-state index in [9.17, 15) is 12.9 Å². The molecule has 0 N–H and O–H groups in total. The van der Waals surface area contributed by atoms with Gasteiger partial charge in [0.15, 0.2) is 0 Å². The molecule has 1 saturated carbocycles. The van der Waals surface area contributed by atoms with E-state index in [0.717, 1.165) is 12.8 Å². The third-order valence-electron chi connectivity index (χ3n) is 2.83. The van der Waals surface area contributed by atoms with E-state index in [1.165, 1.54) is 19.3 Å². The van der Waals surface area contributed by atoms with Crippen molar-refractivity contribution < 1.29 is 17.7 Å². The van der Waals surface area contributed by atoms with Crippen LogP contribution in [-0.2, 0) is 4.74 Å². The van der Waals surface area contributed by atoms with E-state index in [4.69, 9.17) is 4.74 Å². The lowest BCUT2D eigenvalue weighted by Crippen LogP contribution is -2.24. The lowest BCUT2D eigenvalue weighted by Gasteiger charge is -2.23. The summed E-state index contributed by atoms with van der Waals surface area (Å²) in [6.07, 6.45) is 5.78. The third kappa shape index (κ3) is 4.73. The van der Waals surface area contributed by atoms with Crippen LogP contribution in [0.1, 0.15) is 32.1 Å². The molecule has 0 spiro atoms. The van der Waals surface area contributed by atoms with Gasteiger partial charge in [-0.2, -0.15) is 0 Å². The topological polar surface area (TPSA) is 9.23 Å². The Bertz CT molecular complexity index is 209. The summed E-state index contributed by atoms with van der Waals surface area (Å²) in [7, 11) is 0. The van der Waals surface area contributed by atoms with Crippen LogP contribution in [0.2, 0.25) is 0 Å². The van der Waals surface area contributed by atoms with Crippen molar-refractivity contribution in [2.45, 2.75) is 32.1 Å². The van der Waals surface area contributed by atoms with Crippen molar-refractivity contribution in [1.82, 2.24) is 0 Å². The number of rotatable bonds is 5. The molecule has 0 atom stereocenters. The van der Waals surface area contributed by atoms with Crippen LogP contribution in [-0.4, -0.2) is 20.2 Å². The Labute approximate surface area is 88.7 Å². The predicted molar refractivity (Wildman–Crippen MR) is 55.6 cm³/mol. The summed E-state index contributed by atoms with van der Waals surface area (Å²) in [6, 6.07) is 0. The van der Waals surface area contributed by atoms with Gasteiger partial charge >= 0.3 is 6.98 Å². The molecule has 15 heavy (non-hydrogen) atoms. The summed E-state index contributed by atoms with van der Waals surface area (Å²) >= 11 is 0. The molecular weight excluding hydrogens is 204 g/mol. The van der Waals surface area contributed by atoms with E-state index in [1.807, 2.05) is 0 Å². The maximum absolute atomic E-state index is 12.1. The molecule has 0 amide bonds. The molecule has 1 fully saturated rings. The van der Waals surface area contributed by atoms with Crippen molar-refractivity contribution in [3.8, 4) is 0 Å². The summed E-state index contributed by atoms with van der Waals surface area (Å²) in [4.78, 5) is 0. The fraction of sp³-hybridized carbons (Fsp3) is 0.800. The van der Waals surface area contributed by atoms with Gasteiger partial charge in [-0.1, -0.05) is 19.3 Å². The maximum Gasteiger partial charge on any atom is 0.507 e. The van der Waals surface area contributed by atoms with Gasteiger partial charge in [-0.25, -0.2) is 0 Å². The van der Waals surface area contributed by atoms with E-state index < -0.39 is 12.4 Å². The summed E-state index contributed by atoms with van der Waals surface area (Å²) in [6.45, 7) is -1.85. The fourth-order valence-electron chi connectivity index (χ4n) is 1.80. The molecule has 5 heteroatoms. The Morgan fingerprint density at radius 2 is 1.80 bits per heavy atom. The highest BCUT2D eigenvalue weighted by molar-refractivity contribution is 6.66. The molecular formula is C10H17BF3O-. The van der Waals surface area contributed by atoms with Crippen molar-refractivity contribution in [2.24, 2.45) is 5.92 Å². The second-order valence-corrected chi connectivity index (χ2v) is 4.25. The van der Waals surface area contributed by atoms with Gasteiger partial charge < -0.3 is 17.7 Å². The van der Waals surface area contributed by atoms with Crippen molar-refractivity contribution in [3.05, 3.63) is 12.1 Å². The van der Waals surface area contributed by atoms with Gasteiger partial charge in [0.1, 0.15) is 0 Å². The van der Waals surface area contributed by atoms with Crippen molar-refractivity contribution in [2.75, 3.05) is 13.2 Å². The average molecular weight is 221 g/mol. The molecule has 0 bridgehead atoms. The van der Waals surface area contributed by atoms with Crippen LogP contribution in [0.4, 0.5) is 12.9 Å². The maximum atomic E-state index is 12.1. The molecule has 1 aliphatic rings. The predicted octanol–water partition coefficient (Wildman–Crippen LogP) is 3.53. The van der Waals surface area contributed by atoms with E-state index in [1.54, 1.807) is 0 Å². The lowest BCUT2D eigenvalue weighted by molar-refractivity contribution is 0.102. The summed E-state index contributed by atoms with van der Waals surface area (Å²) < 4.78 is 41.4. The van der Waals surface area contributed by atoms with Crippen molar-refractivity contribution in [3.63, 3.8) is 0 Å². The molecule has 0 aliphatic heterocycles. The van der Waals surface area contributed by atoms with Crippen LogP contribution in [0.5, 0.6) is 0 Å². The summed E-state index contributed by atoms with van der Waals surface area (Å²) in [5.74, 6) is 0.451. The minimum atomic E-state index is -4.92. The van der Waals surface area contributed by atoms with Crippen LogP contribution in [0.15, 0.2) is 12.1 Å². The minimum Gasteiger partial charge on any atom is -0.445 e. The highest BCUT2D eigenvalue weighted by Crippen LogP contribution is 2.24. The number of hydrogen-bond acceptors (Lipinski definition) is 1. The van der Waals surface area contributed by atoms with Gasteiger partial charge in [-0.3, -0.25) is 0 Å². The lowest BCUT2D eigenvalue weighted by atomic mass is 9.81. The average Bonchev–Trinajstić information content (AvgIpc) is 2.18. The second-order valence-electron chi connectivity index (χ2n) is 4.25. The van der Waals surface area contributed by atoms with Gasteiger partial charge in [0.05, 0.1) is 0 Å². The van der Waals surface area contributed by atoms with Gasteiger partial charge in [0.25, 0.3) is 0 Å². The molecule has 0 saturated heterocycles. The Morgan fingerprint density at radius 1 is 1.20 bits per heavy atom. The quantitative estimate of drug-likeness (QED) is 0.645. The number of hydrogen-bond donors (Lipinski definition) is 0. The van der Waals surface area contributed by atoms with Gasteiger partial charge in [-0.15, -0.1) is 12.1 Å². The smallest absolute Gasteiger partial charge is 0.445 e. The van der Waals surface area contributed by atoms with Crippen LogP contribution < -0.4 is 0 Å². The van der Waals surface area contributed by atoms with Gasteiger partial charge in [0.2, 0.25) is 0 Å². The van der Waals surface area contributed by atoms with Gasteiger partial charge in [0, 0.05) is 13.2 Å². The molecule has 0 aromatic heterocycles. The highest BCUT2D eigenvalue weighted by Gasteiger charge is 2.26. The Kier molecular flexibility index (Phi) is 4.70. The molecule has 0 unspecified atom stereocenters. The van der Waals surface area contributed by atoms with Crippen LogP contribution in [0.25, 0.3) is 0 Å². The molecule has 88 valence electrons. The monoisotopic (exact) mass is 221 g/mol. The molecule has 1 rings (SSSR count). The molecule has 0 aromatic carbocycles. The van der Waals surface area contributed by atoms with E-state index in [-0.39, 0.29) is 6.61 Å². The first-order chi connectivity index (χ1) is 7.00. The summed E-state index contributed by atoms with van der Waals surface area (Å²) in [5, 5.41) is 0. The van der Waals surface area contributed by atoms with E-state index >= 15 is 0 Å². The zero-order valence-electron chi connectivity index (χ0n) is 8.85. The standard InChI is InChI=1S/C10H17BF3O/c1-9(11(12,13)14)7-15-8-10-5-3-2-4-6-10/h10H,1-8H2/q-1. The Balaban J connectivity index is 2.12. The SMILES string of the molecule is C=C(COCC1CCCCC1)[B-](F)(F)F. The first-order valence-electron chi connectivity index (χ1n) is 5.45. The third-order valence-corrected chi connectivity index (χ3v) is 2.83. The van der Waals surface area contributed by atoms with Crippen molar-refractivity contribution >= 4 is 6.98 Å². The molecule has 0 aromatic rings. The fourth-order valence-corrected chi connectivity index (χ4v) is 1.80. The van der Waals surface area contributed by atoms with E-state index in [0.29, 0.717) is 12.5 Å². The minimum absolute atomic E-state index is 0.361. The molecule has 0 heterocycles. The Morgan fingerprint density at radius 3 is 2.33 bits per heavy atom. The number of halogens is 3. The van der Waals surface area contributed by atoms with Crippen molar-refractivity contribution in [1.29, 1.82) is 0 Å². The largest absolute Gasteiger partial charge is 0.507 e. The molecule has 0 radical (unpaired) electrons. The highest BCUT2D eigenvalue weighted by atomic mass is 19.4. The Hall–Kier alpha value is -0.445. The van der Waals surface area contributed by atoms with E-state index in [2.05, 4.69) is 6.58 Å². The zero-order chi connectivity index (χ0) is 11.3. The van der Waals surface area contributed by atoms with Gasteiger partial charge in [-0.05, 0) is 18.8 Å². The van der Waals surface area contributed by atoms with Crippen LogP contribution >= 0.6 is 0 Å². The molecule has 1 aliphatic carbocycles. The zero-order valence-corrected chi connectivity index (χ0v) is 8.85.